The molecular weight excluding hydrogens is 326 g/mol. The fourth-order valence-corrected chi connectivity index (χ4v) is 5.27. The molecule has 1 aromatic heterocycles. The van der Waals surface area contributed by atoms with Gasteiger partial charge in [-0.15, -0.1) is 11.3 Å². The molecule has 0 aromatic carbocycles. The van der Waals surface area contributed by atoms with Crippen LogP contribution in [0.15, 0.2) is 15.9 Å². The lowest BCUT2D eigenvalue weighted by Gasteiger charge is -2.29. The van der Waals surface area contributed by atoms with E-state index >= 15 is 0 Å². The Kier molecular flexibility index (Phi) is 3.71. The molecule has 1 N–H and O–H groups in total. The maximum atomic E-state index is 11.6. The number of rotatable bonds is 3. The first-order valence-corrected chi connectivity index (χ1v) is 8.42. The number of fused-ring (bicyclic) bond motifs is 1. The highest BCUT2D eigenvalue weighted by atomic mass is 79.9. The van der Waals surface area contributed by atoms with Gasteiger partial charge in [0.2, 0.25) is 0 Å². The molecule has 2 aliphatic rings. The van der Waals surface area contributed by atoms with Gasteiger partial charge in [-0.3, -0.25) is 9.69 Å². The number of carboxylic acid groups (broad SMARTS) is 1. The second-order valence-corrected chi connectivity index (χ2v) is 8.15. The highest BCUT2D eigenvalue weighted by Gasteiger charge is 2.49. The van der Waals surface area contributed by atoms with E-state index in [2.05, 4.69) is 33.8 Å². The molecule has 5 heteroatoms. The van der Waals surface area contributed by atoms with E-state index in [1.165, 1.54) is 17.7 Å². The summed E-state index contributed by atoms with van der Waals surface area (Å²) in [6.07, 6.45) is 3.48. The Balaban J connectivity index is 1.85. The molecule has 4 unspecified atom stereocenters. The third-order valence-electron chi connectivity index (χ3n) is 4.68. The minimum atomic E-state index is -0.642. The van der Waals surface area contributed by atoms with Gasteiger partial charge >= 0.3 is 5.97 Å². The topological polar surface area (TPSA) is 40.5 Å². The zero-order valence-electron chi connectivity index (χ0n) is 10.9. The molecule has 3 rings (SSSR count). The number of aliphatic carboxylic acids is 1. The molecule has 1 saturated carbocycles. The van der Waals surface area contributed by atoms with Crippen LogP contribution in [-0.2, 0) is 4.79 Å². The quantitative estimate of drug-likeness (QED) is 0.908. The first kappa shape index (κ1) is 13.6. The zero-order chi connectivity index (χ0) is 13.6. The van der Waals surface area contributed by atoms with Gasteiger partial charge in [-0.25, -0.2) is 0 Å². The summed E-state index contributed by atoms with van der Waals surface area (Å²) >= 11 is 5.19. The number of carboxylic acids is 1. The zero-order valence-corrected chi connectivity index (χ0v) is 13.3. The molecule has 1 saturated heterocycles. The number of likely N-dealkylation sites (tertiary alicyclic amines) is 1. The molecule has 0 spiro atoms. The Morgan fingerprint density at radius 2 is 2.32 bits per heavy atom. The van der Waals surface area contributed by atoms with E-state index in [0.29, 0.717) is 11.8 Å². The van der Waals surface area contributed by atoms with Crippen LogP contribution in [0.5, 0.6) is 0 Å². The van der Waals surface area contributed by atoms with Crippen molar-refractivity contribution < 1.29 is 9.90 Å². The lowest BCUT2D eigenvalue weighted by atomic mass is 9.94. The number of hydrogen-bond acceptors (Lipinski definition) is 3. The van der Waals surface area contributed by atoms with Gasteiger partial charge in [0.1, 0.15) is 6.04 Å². The Morgan fingerprint density at radius 1 is 1.53 bits per heavy atom. The van der Waals surface area contributed by atoms with Crippen LogP contribution < -0.4 is 0 Å². The molecular formula is C14H18BrNO2S. The van der Waals surface area contributed by atoms with E-state index in [0.717, 1.165) is 16.8 Å². The molecule has 4 atom stereocenters. The van der Waals surface area contributed by atoms with Gasteiger partial charge in [0.25, 0.3) is 0 Å². The lowest BCUT2D eigenvalue weighted by Crippen LogP contribution is -2.40. The third-order valence-corrected chi connectivity index (χ3v) is 6.48. The molecule has 0 amide bonds. The standard InChI is InChI=1S/C14H18BrNO2S/c1-8(11-5-6-12(15)19-11)16-7-9-3-2-4-10(9)13(16)14(17)18/h5-6,8-10,13H,2-4,7H2,1H3,(H,17,18). The average Bonchev–Trinajstić information content (AvgIpc) is 3.00. The molecule has 0 radical (unpaired) electrons. The summed E-state index contributed by atoms with van der Waals surface area (Å²) in [4.78, 5) is 15.1. The molecule has 0 bridgehead atoms. The molecule has 19 heavy (non-hydrogen) atoms. The van der Waals surface area contributed by atoms with Crippen molar-refractivity contribution in [3.63, 3.8) is 0 Å². The van der Waals surface area contributed by atoms with E-state index in [4.69, 9.17) is 0 Å². The van der Waals surface area contributed by atoms with Gasteiger partial charge in [0.15, 0.2) is 0 Å². The maximum absolute atomic E-state index is 11.6. The highest BCUT2D eigenvalue weighted by molar-refractivity contribution is 9.11. The first-order chi connectivity index (χ1) is 9.08. The van der Waals surface area contributed by atoms with Crippen LogP contribution in [0.25, 0.3) is 0 Å². The van der Waals surface area contributed by atoms with Gasteiger partial charge in [-0.1, -0.05) is 6.42 Å². The predicted octanol–water partition coefficient (Wildman–Crippen LogP) is 3.76. The number of carbonyl (C=O) groups is 1. The van der Waals surface area contributed by atoms with E-state index < -0.39 is 5.97 Å². The fraction of sp³-hybridized carbons (Fsp3) is 0.643. The molecule has 3 nitrogen and oxygen atoms in total. The monoisotopic (exact) mass is 343 g/mol. The van der Waals surface area contributed by atoms with Crippen molar-refractivity contribution in [3.8, 4) is 0 Å². The maximum Gasteiger partial charge on any atom is 0.321 e. The van der Waals surface area contributed by atoms with Crippen molar-refractivity contribution in [1.29, 1.82) is 0 Å². The minimum Gasteiger partial charge on any atom is -0.480 e. The first-order valence-electron chi connectivity index (χ1n) is 6.81. The van der Waals surface area contributed by atoms with Crippen LogP contribution in [0, 0.1) is 11.8 Å². The van der Waals surface area contributed by atoms with Crippen LogP contribution >= 0.6 is 27.3 Å². The lowest BCUT2D eigenvalue weighted by molar-refractivity contribution is -0.144. The third kappa shape index (κ3) is 2.36. The minimum absolute atomic E-state index is 0.197. The van der Waals surface area contributed by atoms with Crippen molar-refractivity contribution in [2.75, 3.05) is 6.54 Å². The fourth-order valence-electron chi connectivity index (χ4n) is 3.78. The second kappa shape index (κ2) is 5.19. The van der Waals surface area contributed by atoms with Crippen LogP contribution in [0.1, 0.15) is 37.1 Å². The number of thiophene rings is 1. The van der Waals surface area contributed by atoms with Crippen LogP contribution in [-0.4, -0.2) is 28.6 Å². The normalized spacial score (nSPS) is 32.4. The second-order valence-electron chi connectivity index (χ2n) is 5.65. The van der Waals surface area contributed by atoms with Crippen LogP contribution in [0.2, 0.25) is 0 Å². The van der Waals surface area contributed by atoms with Crippen molar-refractivity contribution >= 4 is 33.2 Å². The van der Waals surface area contributed by atoms with Gasteiger partial charge in [-0.2, -0.15) is 0 Å². The van der Waals surface area contributed by atoms with Gasteiger partial charge in [-0.05, 0) is 59.7 Å². The van der Waals surface area contributed by atoms with Gasteiger partial charge in [0, 0.05) is 17.5 Å². The predicted molar refractivity (Wildman–Crippen MR) is 79.4 cm³/mol. The van der Waals surface area contributed by atoms with Crippen molar-refractivity contribution in [3.05, 3.63) is 20.8 Å². The summed E-state index contributed by atoms with van der Waals surface area (Å²) in [6.45, 7) is 3.08. The van der Waals surface area contributed by atoms with Crippen LogP contribution in [0.4, 0.5) is 0 Å². The number of hydrogen-bond donors (Lipinski definition) is 1. The largest absolute Gasteiger partial charge is 0.480 e. The summed E-state index contributed by atoms with van der Waals surface area (Å²) in [6, 6.07) is 4.06. The molecule has 1 aliphatic carbocycles. The molecule has 2 heterocycles. The highest BCUT2D eigenvalue weighted by Crippen LogP contribution is 2.46. The summed E-state index contributed by atoms with van der Waals surface area (Å²) in [5.74, 6) is 0.312. The molecule has 2 fully saturated rings. The summed E-state index contributed by atoms with van der Waals surface area (Å²) < 4.78 is 1.11. The molecule has 1 aromatic rings. The van der Waals surface area contributed by atoms with Crippen molar-refractivity contribution in [2.45, 2.75) is 38.3 Å². The summed E-state index contributed by atoms with van der Waals surface area (Å²) in [5.41, 5.74) is 0. The van der Waals surface area contributed by atoms with Crippen molar-refractivity contribution in [2.24, 2.45) is 11.8 Å². The van der Waals surface area contributed by atoms with E-state index in [1.54, 1.807) is 11.3 Å². The Bertz CT molecular complexity index is 490. The number of nitrogens with zero attached hydrogens (tertiary/aromatic N) is 1. The van der Waals surface area contributed by atoms with Gasteiger partial charge in [0.05, 0.1) is 3.79 Å². The smallest absolute Gasteiger partial charge is 0.321 e. The average molecular weight is 344 g/mol. The SMILES string of the molecule is CC(c1ccc(Br)s1)N1CC2CCCC2C1C(=O)O. The van der Waals surface area contributed by atoms with E-state index in [-0.39, 0.29) is 12.1 Å². The Hall–Kier alpha value is -0.390. The molecule has 1 aliphatic heterocycles. The Morgan fingerprint density at radius 3 is 2.95 bits per heavy atom. The Labute approximate surface area is 125 Å². The summed E-state index contributed by atoms with van der Waals surface area (Å²) in [5, 5.41) is 9.58. The van der Waals surface area contributed by atoms with Gasteiger partial charge < -0.3 is 5.11 Å². The van der Waals surface area contributed by atoms with Crippen LogP contribution in [0.3, 0.4) is 0 Å². The number of halogens is 1. The van der Waals surface area contributed by atoms with Crippen molar-refractivity contribution in [1.82, 2.24) is 4.90 Å². The molecule has 104 valence electrons. The van der Waals surface area contributed by atoms with E-state index in [9.17, 15) is 9.90 Å². The van der Waals surface area contributed by atoms with E-state index in [1.807, 2.05) is 6.07 Å². The summed E-state index contributed by atoms with van der Waals surface area (Å²) in [7, 11) is 0.